The second-order valence-electron chi connectivity index (χ2n) is 6.50. The lowest BCUT2D eigenvalue weighted by Crippen LogP contribution is -2.50. The molecule has 3 rings (SSSR count). The average Bonchev–Trinajstić information content (AvgIpc) is 2.77. The van der Waals surface area contributed by atoms with Crippen molar-refractivity contribution in [1.29, 1.82) is 0 Å². The summed E-state index contributed by atoms with van der Waals surface area (Å²) < 4.78 is 15.8. The van der Waals surface area contributed by atoms with Crippen molar-refractivity contribution in [2.24, 2.45) is 0 Å². The Morgan fingerprint density at radius 1 is 0.759 bits per heavy atom. The number of ether oxygens (including phenoxy) is 3. The molecule has 0 aromatic heterocycles. The molecule has 0 unspecified atom stereocenters. The molecule has 0 spiro atoms. The Hall–Kier alpha value is -2.93. The van der Waals surface area contributed by atoms with Crippen LogP contribution in [0.1, 0.15) is 20.7 Å². The van der Waals surface area contributed by atoms with E-state index in [4.69, 9.17) is 25.8 Å². The molecule has 0 N–H and O–H groups in total. The van der Waals surface area contributed by atoms with Crippen LogP contribution in [0.4, 0.5) is 0 Å². The quantitative estimate of drug-likeness (QED) is 0.746. The van der Waals surface area contributed by atoms with E-state index < -0.39 is 0 Å². The van der Waals surface area contributed by atoms with E-state index in [9.17, 15) is 9.59 Å². The third kappa shape index (κ3) is 4.40. The Morgan fingerprint density at radius 2 is 1.31 bits per heavy atom. The lowest BCUT2D eigenvalue weighted by atomic mass is 10.1. The number of halogens is 1. The number of carbonyl (C=O) groups excluding carboxylic acids is 2. The first-order valence-electron chi connectivity index (χ1n) is 9.12. The average molecular weight is 419 g/mol. The van der Waals surface area contributed by atoms with Crippen molar-refractivity contribution in [3.63, 3.8) is 0 Å². The maximum absolute atomic E-state index is 12.9. The minimum absolute atomic E-state index is 0.113. The highest BCUT2D eigenvalue weighted by Gasteiger charge is 2.27. The van der Waals surface area contributed by atoms with Gasteiger partial charge in [-0.15, -0.1) is 0 Å². The fourth-order valence-corrected chi connectivity index (χ4v) is 3.45. The third-order valence-electron chi connectivity index (χ3n) is 4.88. The molecule has 0 saturated carbocycles. The molecule has 154 valence electrons. The van der Waals surface area contributed by atoms with Crippen LogP contribution in [0.15, 0.2) is 36.4 Å². The lowest BCUT2D eigenvalue weighted by molar-refractivity contribution is 0.0533. The van der Waals surface area contributed by atoms with E-state index in [1.165, 1.54) is 14.2 Å². The summed E-state index contributed by atoms with van der Waals surface area (Å²) in [6, 6.07) is 10.0. The van der Waals surface area contributed by atoms with Crippen LogP contribution in [0.25, 0.3) is 0 Å². The van der Waals surface area contributed by atoms with Gasteiger partial charge in [-0.2, -0.15) is 0 Å². The summed E-state index contributed by atoms with van der Waals surface area (Å²) in [5.74, 6) is 1.26. The van der Waals surface area contributed by atoms with E-state index >= 15 is 0 Å². The molecule has 0 bridgehead atoms. The fourth-order valence-electron chi connectivity index (χ4n) is 3.28. The molecule has 29 heavy (non-hydrogen) atoms. The standard InChI is InChI=1S/C21H23ClN2O5/c1-27-17-7-5-15(22)13-16(17)21(26)24-10-8-23(9-11-24)20(25)14-4-6-18(28-2)19(12-14)29-3/h4-7,12-13H,8-11H2,1-3H3. The first-order chi connectivity index (χ1) is 14.0. The van der Waals surface area contributed by atoms with Gasteiger partial charge in [-0.05, 0) is 36.4 Å². The van der Waals surface area contributed by atoms with E-state index in [0.717, 1.165) is 0 Å². The van der Waals surface area contributed by atoms with Crippen LogP contribution in [0.3, 0.4) is 0 Å². The molecular weight excluding hydrogens is 396 g/mol. The van der Waals surface area contributed by atoms with Gasteiger partial charge >= 0.3 is 0 Å². The molecule has 1 fully saturated rings. The van der Waals surface area contributed by atoms with E-state index in [2.05, 4.69) is 0 Å². The van der Waals surface area contributed by atoms with Crippen LogP contribution in [0, 0.1) is 0 Å². The van der Waals surface area contributed by atoms with Gasteiger partial charge in [0.1, 0.15) is 5.75 Å². The molecular formula is C21H23ClN2O5. The van der Waals surface area contributed by atoms with Crippen LogP contribution < -0.4 is 14.2 Å². The molecule has 1 heterocycles. The highest BCUT2D eigenvalue weighted by atomic mass is 35.5. The van der Waals surface area contributed by atoms with Crippen molar-refractivity contribution >= 4 is 23.4 Å². The second kappa shape index (κ2) is 9.05. The summed E-state index contributed by atoms with van der Waals surface area (Å²) >= 11 is 6.04. The Kier molecular flexibility index (Phi) is 6.49. The summed E-state index contributed by atoms with van der Waals surface area (Å²) in [7, 11) is 4.59. The monoisotopic (exact) mass is 418 g/mol. The number of rotatable bonds is 5. The van der Waals surface area contributed by atoms with Gasteiger partial charge < -0.3 is 24.0 Å². The third-order valence-corrected chi connectivity index (χ3v) is 5.11. The lowest BCUT2D eigenvalue weighted by Gasteiger charge is -2.35. The highest BCUT2D eigenvalue weighted by molar-refractivity contribution is 6.31. The van der Waals surface area contributed by atoms with Crippen molar-refractivity contribution in [3.8, 4) is 17.2 Å². The normalized spacial score (nSPS) is 13.8. The Balaban J connectivity index is 1.68. The van der Waals surface area contributed by atoms with Gasteiger partial charge in [-0.25, -0.2) is 0 Å². The number of piperazine rings is 1. The highest BCUT2D eigenvalue weighted by Crippen LogP contribution is 2.28. The zero-order chi connectivity index (χ0) is 21.0. The largest absolute Gasteiger partial charge is 0.496 e. The van der Waals surface area contributed by atoms with E-state index in [1.807, 2.05) is 0 Å². The zero-order valence-corrected chi connectivity index (χ0v) is 17.4. The molecule has 2 aromatic carbocycles. The van der Waals surface area contributed by atoms with Crippen molar-refractivity contribution in [1.82, 2.24) is 9.80 Å². The van der Waals surface area contributed by atoms with Gasteiger partial charge in [0, 0.05) is 36.8 Å². The van der Waals surface area contributed by atoms with Crippen LogP contribution >= 0.6 is 11.6 Å². The number of nitrogens with zero attached hydrogens (tertiary/aromatic N) is 2. The maximum atomic E-state index is 12.9. The van der Waals surface area contributed by atoms with E-state index in [0.29, 0.717) is 59.6 Å². The van der Waals surface area contributed by atoms with Crippen molar-refractivity contribution < 1.29 is 23.8 Å². The van der Waals surface area contributed by atoms with Gasteiger partial charge in [-0.3, -0.25) is 9.59 Å². The molecule has 2 amide bonds. The van der Waals surface area contributed by atoms with Crippen LogP contribution in [0.2, 0.25) is 5.02 Å². The predicted octanol–water partition coefficient (Wildman–Crippen LogP) is 2.96. The van der Waals surface area contributed by atoms with Gasteiger partial charge in [0.25, 0.3) is 11.8 Å². The maximum Gasteiger partial charge on any atom is 0.257 e. The topological polar surface area (TPSA) is 68.3 Å². The minimum atomic E-state index is -0.164. The summed E-state index contributed by atoms with van der Waals surface area (Å²) in [5, 5.41) is 0.469. The van der Waals surface area contributed by atoms with Crippen LogP contribution in [0.5, 0.6) is 17.2 Å². The number of amides is 2. The van der Waals surface area contributed by atoms with Crippen LogP contribution in [-0.4, -0.2) is 69.1 Å². The smallest absolute Gasteiger partial charge is 0.257 e. The fraction of sp³-hybridized carbons (Fsp3) is 0.333. The van der Waals surface area contributed by atoms with Gasteiger partial charge in [-0.1, -0.05) is 11.6 Å². The van der Waals surface area contributed by atoms with Gasteiger partial charge in [0.15, 0.2) is 11.5 Å². The van der Waals surface area contributed by atoms with Crippen LogP contribution in [-0.2, 0) is 0 Å². The summed E-state index contributed by atoms with van der Waals surface area (Å²) in [5.41, 5.74) is 0.929. The molecule has 0 atom stereocenters. The van der Waals surface area contributed by atoms with Crippen molar-refractivity contribution in [2.45, 2.75) is 0 Å². The Morgan fingerprint density at radius 3 is 1.90 bits per heavy atom. The Bertz CT molecular complexity index is 910. The first kappa shape index (κ1) is 20.8. The molecule has 1 saturated heterocycles. The summed E-state index contributed by atoms with van der Waals surface area (Å²) in [4.78, 5) is 29.2. The molecule has 1 aliphatic heterocycles. The molecule has 0 aliphatic carbocycles. The second-order valence-corrected chi connectivity index (χ2v) is 6.94. The van der Waals surface area contributed by atoms with E-state index in [-0.39, 0.29) is 11.8 Å². The van der Waals surface area contributed by atoms with Crippen molar-refractivity contribution in [2.75, 3.05) is 47.5 Å². The molecule has 0 radical (unpaired) electrons. The SMILES string of the molecule is COc1ccc(C(=O)N2CCN(C(=O)c3cc(Cl)ccc3OC)CC2)cc1OC. The zero-order valence-electron chi connectivity index (χ0n) is 16.6. The van der Waals surface area contributed by atoms with Gasteiger partial charge in [0.05, 0.1) is 26.9 Å². The Labute approximate surface area is 174 Å². The first-order valence-corrected chi connectivity index (χ1v) is 9.50. The number of hydrogen-bond acceptors (Lipinski definition) is 5. The number of hydrogen-bond donors (Lipinski definition) is 0. The molecule has 7 nitrogen and oxygen atoms in total. The summed E-state index contributed by atoms with van der Waals surface area (Å²) in [6.07, 6.45) is 0. The summed E-state index contributed by atoms with van der Waals surface area (Å²) in [6.45, 7) is 1.71. The number of methoxy groups -OCH3 is 3. The van der Waals surface area contributed by atoms with Gasteiger partial charge in [0.2, 0.25) is 0 Å². The minimum Gasteiger partial charge on any atom is -0.496 e. The molecule has 1 aliphatic rings. The predicted molar refractivity (Wildman–Crippen MR) is 109 cm³/mol. The van der Waals surface area contributed by atoms with E-state index in [1.54, 1.807) is 53.3 Å². The number of carbonyl (C=O) groups is 2. The number of benzene rings is 2. The molecule has 2 aromatic rings. The molecule has 8 heteroatoms. The van der Waals surface area contributed by atoms with Crippen molar-refractivity contribution in [3.05, 3.63) is 52.5 Å².